The van der Waals surface area contributed by atoms with Gasteiger partial charge in [-0.2, -0.15) is 0 Å². The molecular formula is C14H14N8O4. The fourth-order valence-electron chi connectivity index (χ4n) is 2.46. The second kappa shape index (κ2) is 7.04. The topological polar surface area (TPSA) is 147 Å². The van der Waals surface area contributed by atoms with Gasteiger partial charge in [0.05, 0.1) is 36.3 Å². The summed E-state index contributed by atoms with van der Waals surface area (Å²) in [4.78, 5) is 35.4. The van der Waals surface area contributed by atoms with Crippen LogP contribution in [0.4, 0.5) is 5.69 Å². The SMILES string of the molecule is COC(=O)c1cc2nnn(C(C)Cn3cnnn3)c(=O)c2cc1NC=O. The molecule has 0 bridgehead atoms. The maximum absolute atomic E-state index is 12.8. The van der Waals surface area contributed by atoms with Crippen LogP contribution in [-0.2, 0) is 16.1 Å². The van der Waals surface area contributed by atoms with E-state index < -0.39 is 11.5 Å². The Morgan fingerprint density at radius 1 is 1.38 bits per heavy atom. The fraction of sp³-hybridized carbons (Fsp3) is 0.286. The number of tetrazole rings is 1. The minimum Gasteiger partial charge on any atom is -0.465 e. The van der Waals surface area contributed by atoms with E-state index in [0.29, 0.717) is 13.0 Å². The van der Waals surface area contributed by atoms with Crippen molar-refractivity contribution in [3.05, 3.63) is 34.4 Å². The normalized spacial score (nSPS) is 11.9. The number of benzene rings is 1. The first-order chi connectivity index (χ1) is 12.5. The van der Waals surface area contributed by atoms with E-state index >= 15 is 0 Å². The number of ether oxygens (including phenoxy) is 1. The molecule has 1 amide bonds. The van der Waals surface area contributed by atoms with Gasteiger partial charge in [-0.25, -0.2) is 14.2 Å². The minimum atomic E-state index is -0.672. The molecule has 134 valence electrons. The Kier molecular flexibility index (Phi) is 4.64. The number of amides is 1. The average molecular weight is 358 g/mol. The highest BCUT2D eigenvalue weighted by molar-refractivity contribution is 6.02. The van der Waals surface area contributed by atoms with Crippen molar-refractivity contribution in [3.63, 3.8) is 0 Å². The largest absolute Gasteiger partial charge is 0.465 e. The molecule has 0 saturated heterocycles. The third kappa shape index (κ3) is 3.11. The first-order valence-corrected chi connectivity index (χ1v) is 7.47. The number of rotatable bonds is 6. The Hall–Kier alpha value is -3.70. The monoisotopic (exact) mass is 358 g/mol. The Balaban J connectivity index is 2.09. The van der Waals surface area contributed by atoms with Crippen LogP contribution in [0, 0.1) is 0 Å². The molecule has 0 saturated carbocycles. The summed E-state index contributed by atoms with van der Waals surface area (Å²) in [5.41, 5.74) is -0.0110. The molecule has 3 rings (SSSR count). The van der Waals surface area contributed by atoms with E-state index in [9.17, 15) is 14.4 Å². The van der Waals surface area contributed by atoms with Crippen LogP contribution in [0.5, 0.6) is 0 Å². The van der Waals surface area contributed by atoms with Crippen molar-refractivity contribution < 1.29 is 14.3 Å². The van der Waals surface area contributed by atoms with Crippen molar-refractivity contribution in [1.82, 2.24) is 35.2 Å². The summed E-state index contributed by atoms with van der Waals surface area (Å²) >= 11 is 0. The lowest BCUT2D eigenvalue weighted by atomic mass is 10.1. The fourth-order valence-corrected chi connectivity index (χ4v) is 2.46. The van der Waals surface area contributed by atoms with Crippen molar-refractivity contribution in [2.24, 2.45) is 0 Å². The zero-order valence-electron chi connectivity index (χ0n) is 13.9. The van der Waals surface area contributed by atoms with Crippen molar-refractivity contribution >= 4 is 29.0 Å². The van der Waals surface area contributed by atoms with Gasteiger partial charge in [0.25, 0.3) is 5.56 Å². The molecule has 0 spiro atoms. The molecule has 2 aromatic heterocycles. The number of fused-ring (bicyclic) bond motifs is 1. The van der Waals surface area contributed by atoms with Gasteiger partial charge in [-0.05, 0) is 29.5 Å². The van der Waals surface area contributed by atoms with Gasteiger partial charge in [0.2, 0.25) is 6.41 Å². The molecule has 12 heteroatoms. The number of aromatic nitrogens is 7. The number of hydrogen-bond acceptors (Lipinski definition) is 9. The van der Waals surface area contributed by atoms with Crippen LogP contribution >= 0.6 is 0 Å². The molecule has 1 unspecified atom stereocenters. The van der Waals surface area contributed by atoms with E-state index in [1.54, 1.807) is 6.92 Å². The van der Waals surface area contributed by atoms with Crippen molar-refractivity contribution in [2.45, 2.75) is 19.5 Å². The highest BCUT2D eigenvalue weighted by Gasteiger charge is 2.18. The number of esters is 1. The van der Waals surface area contributed by atoms with Gasteiger partial charge in [-0.1, -0.05) is 5.21 Å². The molecule has 12 nitrogen and oxygen atoms in total. The highest BCUT2D eigenvalue weighted by atomic mass is 16.5. The molecule has 0 aliphatic rings. The lowest BCUT2D eigenvalue weighted by Crippen LogP contribution is -2.29. The molecule has 0 aliphatic heterocycles. The van der Waals surface area contributed by atoms with Gasteiger partial charge in [-0.3, -0.25) is 9.59 Å². The molecule has 1 aromatic carbocycles. The summed E-state index contributed by atoms with van der Waals surface area (Å²) in [6.07, 6.45) is 1.83. The maximum atomic E-state index is 12.8. The van der Waals surface area contributed by atoms with Gasteiger partial charge >= 0.3 is 5.97 Å². The van der Waals surface area contributed by atoms with E-state index in [1.165, 1.54) is 34.9 Å². The Bertz CT molecular complexity index is 1010. The van der Waals surface area contributed by atoms with E-state index in [4.69, 9.17) is 0 Å². The van der Waals surface area contributed by atoms with Crippen LogP contribution in [0.2, 0.25) is 0 Å². The molecule has 0 radical (unpaired) electrons. The van der Waals surface area contributed by atoms with Crippen molar-refractivity contribution in [2.75, 3.05) is 12.4 Å². The van der Waals surface area contributed by atoms with Gasteiger partial charge in [0, 0.05) is 0 Å². The third-order valence-corrected chi connectivity index (χ3v) is 3.70. The third-order valence-electron chi connectivity index (χ3n) is 3.70. The number of carbonyl (C=O) groups excluding carboxylic acids is 2. The van der Waals surface area contributed by atoms with Crippen LogP contribution < -0.4 is 10.9 Å². The molecule has 2 heterocycles. The number of methoxy groups -OCH3 is 1. The lowest BCUT2D eigenvalue weighted by molar-refractivity contribution is -0.105. The quantitative estimate of drug-likeness (QED) is 0.450. The van der Waals surface area contributed by atoms with E-state index in [1.807, 2.05) is 0 Å². The van der Waals surface area contributed by atoms with Crippen molar-refractivity contribution in [3.8, 4) is 0 Å². The molecule has 0 fully saturated rings. The van der Waals surface area contributed by atoms with Crippen LogP contribution in [0.1, 0.15) is 23.3 Å². The second-order valence-corrected chi connectivity index (χ2v) is 5.39. The number of hydrogen-bond donors (Lipinski definition) is 1. The number of carbonyl (C=O) groups is 2. The van der Waals surface area contributed by atoms with Gasteiger partial charge in [0.1, 0.15) is 11.8 Å². The summed E-state index contributed by atoms with van der Waals surface area (Å²) < 4.78 is 7.32. The maximum Gasteiger partial charge on any atom is 0.340 e. The van der Waals surface area contributed by atoms with Crippen LogP contribution in [0.3, 0.4) is 0 Å². The summed E-state index contributed by atoms with van der Waals surface area (Å²) in [7, 11) is 1.21. The first-order valence-electron chi connectivity index (χ1n) is 7.47. The van der Waals surface area contributed by atoms with Crippen LogP contribution in [0.15, 0.2) is 23.3 Å². The molecule has 1 atom stereocenters. The molecule has 26 heavy (non-hydrogen) atoms. The minimum absolute atomic E-state index is 0.0697. The molecular weight excluding hydrogens is 344 g/mol. The first kappa shape index (κ1) is 17.1. The zero-order chi connectivity index (χ0) is 18.7. The van der Waals surface area contributed by atoms with Gasteiger partial charge in [0.15, 0.2) is 0 Å². The predicted molar refractivity (Wildman–Crippen MR) is 87.4 cm³/mol. The van der Waals surface area contributed by atoms with E-state index in [-0.39, 0.29) is 28.2 Å². The van der Waals surface area contributed by atoms with Gasteiger partial charge < -0.3 is 10.1 Å². The van der Waals surface area contributed by atoms with E-state index in [0.717, 1.165) is 0 Å². The van der Waals surface area contributed by atoms with Crippen LogP contribution in [0.25, 0.3) is 10.9 Å². The summed E-state index contributed by atoms with van der Waals surface area (Å²) in [5, 5.41) is 21.3. The number of nitrogens with zero attached hydrogens (tertiary/aromatic N) is 7. The number of nitrogens with one attached hydrogen (secondary N) is 1. The Morgan fingerprint density at radius 3 is 2.85 bits per heavy atom. The van der Waals surface area contributed by atoms with Crippen LogP contribution in [-0.4, -0.2) is 54.7 Å². The second-order valence-electron chi connectivity index (χ2n) is 5.39. The summed E-state index contributed by atoms with van der Waals surface area (Å²) in [6.45, 7) is 2.07. The van der Waals surface area contributed by atoms with E-state index in [2.05, 4.69) is 35.9 Å². The Morgan fingerprint density at radius 2 is 2.19 bits per heavy atom. The zero-order valence-corrected chi connectivity index (χ0v) is 13.9. The molecule has 3 aromatic rings. The Labute approximate surface area is 145 Å². The summed E-state index contributed by atoms with van der Waals surface area (Å²) in [6, 6.07) is 2.33. The smallest absolute Gasteiger partial charge is 0.340 e. The average Bonchev–Trinajstić information content (AvgIpc) is 3.14. The highest BCUT2D eigenvalue weighted by Crippen LogP contribution is 2.21. The number of anilines is 1. The van der Waals surface area contributed by atoms with Crippen molar-refractivity contribution in [1.29, 1.82) is 0 Å². The summed E-state index contributed by atoms with van der Waals surface area (Å²) in [5.74, 6) is -0.672. The predicted octanol–water partition coefficient (Wildman–Crippen LogP) is -0.606. The lowest BCUT2D eigenvalue weighted by Gasteiger charge is -2.13. The van der Waals surface area contributed by atoms with Gasteiger partial charge in [-0.15, -0.1) is 10.2 Å². The standard InChI is InChI=1S/C14H14N8O4/c1-8(5-21-6-16-18-20-21)22-13(24)9-3-11(15-7-23)10(14(25)26-2)4-12(9)17-19-22/h3-4,6-8H,5H2,1-2H3,(H,15,23). The molecule has 0 aliphatic carbocycles. The molecule has 1 N–H and O–H groups in total.